The summed E-state index contributed by atoms with van der Waals surface area (Å²) in [4.78, 5) is 21.8. The summed E-state index contributed by atoms with van der Waals surface area (Å²) in [7, 11) is 0. The van der Waals surface area contributed by atoms with Crippen LogP contribution in [0.25, 0.3) is 5.69 Å². The molecule has 0 aliphatic rings. The van der Waals surface area contributed by atoms with Crippen molar-refractivity contribution in [2.24, 2.45) is 0 Å². The first-order valence-electron chi connectivity index (χ1n) is 7.60. The van der Waals surface area contributed by atoms with Crippen molar-refractivity contribution in [3.8, 4) is 5.69 Å². The molecular formula is C16H19BrN4O4. The van der Waals surface area contributed by atoms with Gasteiger partial charge in [-0.05, 0) is 61.2 Å². The number of amides is 1. The van der Waals surface area contributed by atoms with Crippen LogP contribution in [0.15, 0.2) is 29.0 Å². The predicted octanol–water partition coefficient (Wildman–Crippen LogP) is 3.83. The van der Waals surface area contributed by atoms with Gasteiger partial charge in [0.25, 0.3) is 5.69 Å². The molecular weight excluding hydrogens is 392 g/mol. The lowest BCUT2D eigenvalue weighted by Crippen LogP contribution is -2.43. The molecule has 2 aromatic rings. The van der Waals surface area contributed by atoms with Gasteiger partial charge in [0, 0.05) is 29.6 Å². The van der Waals surface area contributed by atoms with E-state index in [4.69, 9.17) is 5.11 Å². The van der Waals surface area contributed by atoms with E-state index in [1.165, 1.54) is 6.07 Å². The average Bonchev–Trinajstić information content (AvgIpc) is 2.99. The maximum atomic E-state index is 11.3. The molecule has 2 N–H and O–H groups in total. The zero-order valence-corrected chi connectivity index (χ0v) is 15.7. The standard InChI is InChI=1S/C16H19BrN4O4/c1-10-11(5-6-16(2,3)19-15(22)23)14(20-8-4-7-18-20)12(17)9-13(10)21(24)25/h4,7-9,19H,5-6H2,1-3H3,(H,22,23). The van der Waals surface area contributed by atoms with Gasteiger partial charge in [-0.3, -0.25) is 10.1 Å². The molecule has 9 heteroatoms. The van der Waals surface area contributed by atoms with Crippen LogP contribution in [0.3, 0.4) is 0 Å². The molecule has 1 aromatic heterocycles. The first-order chi connectivity index (χ1) is 11.6. The van der Waals surface area contributed by atoms with Gasteiger partial charge in [-0.25, -0.2) is 9.48 Å². The van der Waals surface area contributed by atoms with E-state index in [0.717, 1.165) is 11.3 Å². The van der Waals surface area contributed by atoms with Gasteiger partial charge < -0.3 is 10.4 Å². The first kappa shape index (κ1) is 18.9. The topological polar surface area (TPSA) is 110 Å². The van der Waals surface area contributed by atoms with Gasteiger partial charge in [0.1, 0.15) is 0 Å². The third-order valence-corrected chi connectivity index (χ3v) is 4.59. The molecule has 0 fully saturated rings. The van der Waals surface area contributed by atoms with Crippen molar-refractivity contribution in [1.82, 2.24) is 15.1 Å². The van der Waals surface area contributed by atoms with E-state index in [-0.39, 0.29) is 5.69 Å². The zero-order valence-electron chi connectivity index (χ0n) is 14.1. The average molecular weight is 411 g/mol. The fraction of sp³-hybridized carbons (Fsp3) is 0.375. The third-order valence-electron chi connectivity index (χ3n) is 3.99. The van der Waals surface area contributed by atoms with E-state index in [1.807, 2.05) is 0 Å². The molecule has 0 atom stereocenters. The van der Waals surface area contributed by atoms with Crippen LogP contribution < -0.4 is 5.32 Å². The van der Waals surface area contributed by atoms with Crippen LogP contribution in [-0.2, 0) is 6.42 Å². The van der Waals surface area contributed by atoms with Crippen LogP contribution in [0.5, 0.6) is 0 Å². The van der Waals surface area contributed by atoms with Crippen LogP contribution in [0.4, 0.5) is 10.5 Å². The van der Waals surface area contributed by atoms with Gasteiger partial charge in [-0.15, -0.1) is 0 Å². The molecule has 1 heterocycles. The van der Waals surface area contributed by atoms with E-state index >= 15 is 0 Å². The van der Waals surface area contributed by atoms with Crippen LogP contribution in [0, 0.1) is 17.0 Å². The maximum Gasteiger partial charge on any atom is 0.405 e. The molecule has 0 radical (unpaired) electrons. The van der Waals surface area contributed by atoms with Gasteiger partial charge in [0.2, 0.25) is 0 Å². The minimum absolute atomic E-state index is 0.0155. The maximum absolute atomic E-state index is 11.3. The molecule has 0 bridgehead atoms. The van der Waals surface area contributed by atoms with Gasteiger partial charge in [-0.2, -0.15) is 5.10 Å². The summed E-state index contributed by atoms with van der Waals surface area (Å²) in [5, 5.41) is 27.0. The lowest BCUT2D eigenvalue weighted by molar-refractivity contribution is -0.385. The summed E-state index contributed by atoms with van der Waals surface area (Å²) in [5.41, 5.74) is 1.37. The number of nitro groups is 1. The number of nitrogens with one attached hydrogen (secondary N) is 1. The van der Waals surface area contributed by atoms with Gasteiger partial charge in [-0.1, -0.05) is 0 Å². The normalized spacial score (nSPS) is 11.4. The van der Waals surface area contributed by atoms with Gasteiger partial charge in [0.05, 0.1) is 15.1 Å². The lowest BCUT2D eigenvalue weighted by atomic mass is 9.92. The second kappa shape index (κ2) is 7.22. The fourth-order valence-electron chi connectivity index (χ4n) is 2.71. The van der Waals surface area contributed by atoms with E-state index < -0.39 is 16.6 Å². The summed E-state index contributed by atoms with van der Waals surface area (Å²) in [6.45, 7) is 5.25. The number of halogens is 1. The number of carbonyl (C=O) groups is 1. The minimum Gasteiger partial charge on any atom is -0.465 e. The minimum atomic E-state index is -1.10. The Bertz CT molecular complexity index is 803. The van der Waals surface area contributed by atoms with Gasteiger partial charge >= 0.3 is 6.09 Å². The molecule has 0 aliphatic heterocycles. The van der Waals surface area contributed by atoms with Gasteiger partial charge in [0.15, 0.2) is 0 Å². The number of hydrogen-bond acceptors (Lipinski definition) is 4. The highest BCUT2D eigenvalue weighted by Gasteiger charge is 2.25. The summed E-state index contributed by atoms with van der Waals surface area (Å²) in [6.07, 6.45) is 3.21. The van der Waals surface area contributed by atoms with Crippen LogP contribution >= 0.6 is 15.9 Å². The third kappa shape index (κ3) is 4.36. The highest BCUT2D eigenvalue weighted by molar-refractivity contribution is 9.10. The molecule has 2 rings (SSSR count). The summed E-state index contributed by atoms with van der Waals surface area (Å²) >= 11 is 3.41. The number of rotatable bonds is 6. The Kier molecular flexibility index (Phi) is 5.46. The lowest BCUT2D eigenvalue weighted by Gasteiger charge is -2.25. The molecule has 134 valence electrons. The number of benzene rings is 1. The second-order valence-corrected chi connectivity index (χ2v) is 7.21. The van der Waals surface area contributed by atoms with Crippen LogP contribution in [-0.4, -0.2) is 31.4 Å². The summed E-state index contributed by atoms with van der Waals surface area (Å²) in [5.74, 6) is 0. The Hall–Kier alpha value is -2.42. The summed E-state index contributed by atoms with van der Waals surface area (Å²) < 4.78 is 2.21. The van der Waals surface area contributed by atoms with Crippen molar-refractivity contribution >= 4 is 27.7 Å². The van der Waals surface area contributed by atoms with Crippen molar-refractivity contribution in [1.29, 1.82) is 0 Å². The van der Waals surface area contributed by atoms with E-state index in [2.05, 4.69) is 26.3 Å². The first-order valence-corrected chi connectivity index (χ1v) is 8.39. The predicted molar refractivity (Wildman–Crippen MR) is 96.2 cm³/mol. The summed E-state index contributed by atoms with van der Waals surface area (Å²) in [6, 6.07) is 3.24. The molecule has 0 aliphatic carbocycles. The van der Waals surface area contributed by atoms with Crippen LogP contribution in [0.2, 0.25) is 0 Å². The monoisotopic (exact) mass is 410 g/mol. The van der Waals surface area contributed by atoms with Crippen molar-refractivity contribution in [3.05, 3.63) is 50.2 Å². The van der Waals surface area contributed by atoms with Crippen molar-refractivity contribution in [3.63, 3.8) is 0 Å². The Morgan fingerprint density at radius 2 is 2.20 bits per heavy atom. The fourth-order valence-corrected chi connectivity index (χ4v) is 3.34. The second-order valence-electron chi connectivity index (χ2n) is 6.35. The number of hydrogen-bond donors (Lipinski definition) is 2. The zero-order chi connectivity index (χ0) is 18.8. The van der Waals surface area contributed by atoms with Crippen molar-refractivity contribution < 1.29 is 14.8 Å². The van der Waals surface area contributed by atoms with Crippen molar-refractivity contribution in [2.75, 3.05) is 0 Å². The Morgan fingerprint density at radius 3 is 2.72 bits per heavy atom. The quantitative estimate of drug-likeness (QED) is 0.555. The van der Waals surface area contributed by atoms with Crippen LogP contribution in [0.1, 0.15) is 31.4 Å². The molecule has 8 nitrogen and oxygen atoms in total. The molecule has 0 saturated carbocycles. The molecule has 1 aromatic carbocycles. The van der Waals surface area contributed by atoms with E-state index in [1.54, 1.807) is 43.9 Å². The van der Waals surface area contributed by atoms with E-state index in [9.17, 15) is 14.9 Å². The SMILES string of the molecule is Cc1c([N+](=O)[O-])cc(Br)c(-n2cccn2)c1CCC(C)(C)NC(=O)O. The molecule has 0 saturated heterocycles. The Morgan fingerprint density at radius 1 is 1.52 bits per heavy atom. The highest BCUT2D eigenvalue weighted by atomic mass is 79.9. The Balaban J connectivity index is 2.50. The largest absolute Gasteiger partial charge is 0.465 e. The molecule has 0 unspecified atom stereocenters. The number of nitro benzene ring substituents is 1. The number of nitrogens with zero attached hydrogens (tertiary/aromatic N) is 3. The number of aromatic nitrogens is 2. The Labute approximate surface area is 153 Å². The number of carboxylic acid groups (broad SMARTS) is 1. The van der Waals surface area contributed by atoms with E-state index in [0.29, 0.717) is 22.9 Å². The smallest absolute Gasteiger partial charge is 0.405 e. The molecule has 1 amide bonds. The van der Waals surface area contributed by atoms with Crippen molar-refractivity contribution in [2.45, 2.75) is 39.2 Å². The molecule has 25 heavy (non-hydrogen) atoms. The molecule has 0 spiro atoms. The highest BCUT2D eigenvalue weighted by Crippen LogP contribution is 2.35.